The van der Waals surface area contributed by atoms with Gasteiger partial charge in [0.25, 0.3) is 5.91 Å². The summed E-state index contributed by atoms with van der Waals surface area (Å²) in [6, 6.07) is 12.0. The zero-order valence-corrected chi connectivity index (χ0v) is 21.6. The Morgan fingerprint density at radius 2 is 1.63 bits per heavy atom. The Balaban J connectivity index is 1.39. The summed E-state index contributed by atoms with van der Waals surface area (Å²) in [6.45, 7) is 3.71. The zero-order chi connectivity index (χ0) is 25.2. The predicted octanol–water partition coefficient (Wildman–Crippen LogP) is 4.26. The summed E-state index contributed by atoms with van der Waals surface area (Å²) in [4.78, 5) is 26.9. The molecule has 1 aliphatic carbocycles. The highest BCUT2D eigenvalue weighted by Crippen LogP contribution is 2.41. The summed E-state index contributed by atoms with van der Waals surface area (Å²) in [6.07, 6.45) is 8.10. The van der Waals surface area contributed by atoms with E-state index in [1.54, 1.807) is 62.2 Å². The summed E-state index contributed by atoms with van der Waals surface area (Å²) < 4.78 is 28.5. The van der Waals surface area contributed by atoms with Crippen molar-refractivity contribution in [2.45, 2.75) is 81.7 Å². The third-order valence-corrected chi connectivity index (χ3v) is 8.67. The van der Waals surface area contributed by atoms with E-state index in [1.807, 2.05) is 0 Å². The molecule has 7 nitrogen and oxygen atoms in total. The number of carbonyl (C=O) groups is 2. The van der Waals surface area contributed by atoms with Crippen LogP contribution in [-0.4, -0.2) is 33.3 Å². The van der Waals surface area contributed by atoms with E-state index in [0.29, 0.717) is 11.1 Å². The van der Waals surface area contributed by atoms with Crippen LogP contribution in [0.2, 0.25) is 0 Å². The van der Waals surface area contributed by atoms with Gasteiger partial charge in [0, 0.05) is 30.9 Å². The fourth-order valence-electron chi connectivity index (χ4n) is 5.02. The number of rotatable bonds is 6. The SMILES string of the molecule is CN1C(=O)C(C)(C)c2cc(S(=O)(=O)NCc3ccc(C(=O)NC4CCCCCCC4)cc3)ccc21. The molecule has 2 amide bonds. The molecule has 0 unspecified atom stereocenters. The molecular formula is C27H35N3O4S. The van der Waals surface area contributed by atoms with E-state index >= 15 is 0 Å². The van der Waals surface area contributed by atoms with Crippen LogP contribution in [0.3, 0.4) is 0 Å². The topological polar surface area (TPSA) is 95.6 Å². The number of sulfonamides is 1. The van der Waals surface area contributed by atoms with Crippen LogP contribution in [0, 0.1) is 0 Å². The molecule has 2 aromatic carbocycles. The Bertz CT molecular complexity index is 1200. The van der Waals surface area contributed by atoms with Crippen LogP contribution in [-0.2, 0) is 26.8 Å². The third-order valence-electron chi connectivity index (χ3n) is 7.28. The van der Waals surface area contributed by atoms with Crippen molar-refractivity contribution in [1.29, 1.82) is 0 Å². The third kappa shape index (κ3) is 5.43. The van der Waals surface area contributed by atoms with Crippen LogP contribution in [0.25, 0.3) is 0 Å². The van der Waals surface area contributed by atoms with Crippen molar-refractivity contribution < 1.29 is 18.0 Å². The maximum atomic E-state index is 13.0. The van der Waals surface area contributed by atoms with Gasteiger partial charge in [0.1, 0.15) is 0 Å². The van der Waals surface area contributed by atoms with Gasteiger partial charge in [-0.3, -0.25) is 9.59 Å². The first-order valence-corrected chi connectivity index (χ1v) is 13.9. The largest absolute Gasteiger partial charge is 0.349 e. The fourth-order valence-corrected chi connectivity index (χ4v) is 6.07. The summed E-state index contributed by atoms with van der Waals surface area (Å²) in [5, 5.41) is 3.16. The normalized spacial score (nSPS) is 18.6. The van der Waals surface area contributed by atoms with E-state index in [2.05, 4.69) is 10.0 Å². The first kappa shape index (κ1) is 25.4. The van der Waals surface area contributed by atoms with Gasteiger partial charge in [0.15, 0.2) is 0 Å². The monoisotopic (exact) mass is 497 g/mol. The number of amides is 2. The molecule has 2 N–H and O–H groups in total. The fraction of sp³-hybridized carbons (Fsp3) is 0.481. The van der Waals surface area contributed by atoms with E-state index in [0.717, 1.165) is 36.9 Å². The van der Waals surface area contributed by atoms with Gasteiger partial charge in [-0.1, -0.05) is 44.2 Å². The van der Waals surface area contributed by atoms with Crippen molar-refractivity contribution in [1.82, 2.24) is 10.0 Å². The molecule has 0 spiro atoms. The number of hydrogen-bond donors (Lipinski definition) is 2. The Kier molecular flexibility index (Phi) is 7.33. The highest BCUT2D eigenvalue weighted by Gasteiger charge is 2.42. The lowest BCUT2D eigenvalue weighted by Crippen LogP contribution is -2.35. The van der Waals surface area contributed by atoms with Gasteiger partial charge in [0.05, 0.1) is 10.3 Å². The minimum absolute atomic E-state index is 0.0614. The maximum absolute atomic E-state index is 13.0. The quantitative estimate of drug-likeness (QED) is 0.623. The lowest BCUT2D eigenvalue weighted by Gasteiger charge is -2.21. The van der Waals surface area contributed by atoms with Gasteiger partial charge >= 0.3 is 0 Å². The Hall–Kier alpha value is -2.71. The Labute approximate surface area is 208 Å². The van der Waals surface area contributed by atoms with Gasteiger partial charge in [0.2, 0.25) is 15.9 Å². The van der Waals surface area contributed by atoms with Crippen molar-refractivity contribution in [3.8, 4) is 0 Å². The Morgan fingerprint density at radius 1 is 1.00 bits per heavy atom. The van der Waals surface area contributed by atoms with E-state index in [4.69, 9.17) is 0 Å². The molecule has 0 saturated heterocycles. The number of fused-ring (bicyclic) bond motifs is 1. The lowest BCUT2D eigenvalue weighted by molar-refractivity contribution is -0.121. The number of benzene rings is 2. The summed E-state index contributed by atoms with van der Waals surface area (Å²) in [7, 11) is -2.08. The molecular weight excluding hydrogens is 462 g/mol. The first-order chi connectivity index (χ1) is 16.6. The molecule has 2 aromatic rings. The average Bonchev–Trinajstić information content (AvgIpc) is 2.99. The molecule has 0 bridgehead atoms. The number of carbonyl (C=O) groups excluding carboxylic acids is 2. The smallest absolute Gasteiger partial charge is 0.251 e. The number of nitrogens with zero attached hydrogens (tertiary/aromatic N) is 1. The highest BCUT2D eigenvalue weighted by atomic mass is 32.2. The molecule has 1 heterocycles. The van der Waals surface area contributed by atoms with Gasteiger partial charge in [-0.2, -0.15) is 0 Å². The maximum Gasteiger partial charge on any atom is 0.251 e. The van der Waals surface area contributed by atoms with Gasteiger partial charge in [-0.15, -0.1) is 0 Å². The molecule has 8 heteroatoms. The lowest BCUT2D eigenvalue weighted by atomic mass is 9.86. The molecule has 1 saturated carbocycles. The summed E-state index contributed by atoms with van der Waals surface area (Å²) in [5.41, 5.74) is 1.99. The molecule has 0 radical (unpaired) electrons. The molecule has 1 fully saturated rings. The number of nitrogens with one attached hydrogen (secondary N) is 2. The van der Waals surface area contributed by atoms with E-state index in [9.17, 15) is 18.0 Å². The predicted molar refractivity (Wildman–Crippen MR) is 137 cm³/mol. The first-order valence-electron chi connectivity index (χ1n) is 12.4. The van der Waals surface area contributed by atoms with Crippen molar-refractivity contribution in [2.75, 3.05) is 11.9 Å². The van der Waals surface area contributed by atoms with E-state index in [-0.39, 0.29) is 29.3 Å². The molecule has 2 aliphatic rings. The molecule has 0 atom stereocenters. The molecule has 4 rings (SSSR count). The molecule has 0 aromatic heterocycles. The number of hydrogen-bond acceptors (Lipinski definition) is 4. The minimum atomic E-state index is -3.78. The van der Waals surface area contributed by atoms with Crippen LogP contribution in [0.4, 0.5) is 5.69 Å². The molecule has 1 aliphatic heterocycles. The average molecular weight is 498 g/mol. The molecule has 35 heavy (non-hydrogen) atoms. The van der Waals surface area contributed by atoms with E-state index in [1.165, 1.54) is 25.3 Å². The Morgan fingerprint density at radius 3 is 2.29 bits per heavy atom. The van der Waals surface area contributed by atoms with Crippen molar-refractivity contribution >= 4 is 27.5 Å². The second-order valence-electron chi connectivity index (χ2n) is 10.2. The second kappa shape index (κ2) is 10.1. The van der Waals surface area contributed by atoms with Crippen LogP contribution < -0.4 is 14.9 Å². The van der Waals surface area contributed by atoms with Crippen LogP contribution in [0.1, 0.15) is 80.3 Å². The summed E-state index contributed by atoms with van der Waals surface area (Å²) in [5.74, 6) is -0.142. The minimum Gasteiger partial charge on any atom is -0.349 e. The van der Waals surface area contributed by atoms with Crippen molar-refractivity contribution in [3.05, 3.63) is 59.2 Å². The van der Waals surface area contributed by atoms with Crippen LogP contribution in [0.5, 0.6) is 0 Å². The number of likely N-dealkylation sites (N-methyl/N-ethyl adjacent to an activating group) is 1. The van der Waals surface area contributed by atoms with Crippen molar-refractivity contribution in [3.63, 3.8) is 0 Å². The highest BCUT2D eigenvalue weighted by molar-refractivity contribution is 7.89. The number of anilines is 1. The van der Waals surface area contributed by atoms with Crippen molar-refractivity contribution in [2.24, 2.45) is 0 Å². The van der Waals surface area contributed by atoms with Crippen LogP contribution >= 0.6 is 0 Å². The van der Waals surface area contributed by atoms with Crippen LogP contribution in [0.15, 0.2) is 47.4 Å². The van der Waals surface area contributed by atoms with Gasteiger partial charge < -0.3 is 10.2 Å². The standard InChI is InChI=1S/C27H35N3O4S/c1-27(2)23-17-22(15-16-24(23)30(3)26(27)32)35(33,34)28-18-19-11-13-20(14-12-19)25(31)29-21-9-7-5-4-6-8-10-21/h11-17,21,28H,4-10,18H2,1-3H3,(H,29,31). The second-order valence-corrected chi connectivity index (χ2v) is 12.0. The summed E-state index contributed by atoms with van der Waals surface area (Å²) >= 11 is 0. The van der Waals surface area contributed by atoms with Gasteiger partial charge in [-0.25, -0.2) is 13.1 Å². The van der Waals surface area contributed by atoms with E-state index < -0.39 is 15.4 Å². The molecule has 188 valence electrons. The van der Waals surface area contributed by atoms with Gasteiger partial charge in [-0.05, 0) is 68.1 Å². The zero-order valence-electron chi connectivity index (χ0n) is 20.8.